The van der Waals surface area contributed by atoms with Gasteiger partial charge in [-0.2, -0.15) is 4.98 Å². The average Bonchev–Trinajstić information content (AvgIpc) is 3.45. The Morgan fingerprint density at radius 3 is 2.48 bits per heavy atom. The summed E-state index contributed by atoms with van der Waals surface area (Å²) in [7, 11) is 0. The fraction of sp³-hybridized carbons (Fsp3) is 0.0476. The van der Waals surface area contributed by atoms with E-state index in [0.717, 1.165) is 5.56 Å². The molecule has 0 unspecified atom stereocenters. The van der Waals surface area contributed by atoms with Crippen LogP contribution in [-0.2, 0) is 6.54 Å². The molecule has 2 N–H and O–H groups in total. The van der Waals surface area contributed by atoms with Gasteiger partial charge in [-0.05, 0) is 24.3 Å². The molecule has 144 valence electrons. The van der Waals surface area contributed by atoms with Crippen molar-refractivity contribution in [2.75, 3.05) is 5.32 Å². The van der Waals surface area contributed by atoms with Crippen molar-refractivity contribution in [3.05, 3.63) is 90.2 Å². The number of benzene rings is 2. The van der Waals surface area contributed by atoms with E-state index in [1.165, 1.54) is 12.3 Å². The summed E-state index contributed by atoms with van der Waals surface area (Å²) >= 11 is 0. The van der Waals surface area contributed by atoms with E-state index in [1.54, 1.807) is 30.3 Å². The maximum atomic E-state index is 12.6. The first kappa shape index (κ1) is 18.2. The van der Waals surface area contributed by atoms with Crippen LogP contribution < -0.4 is 10.6 Å². The Balaban J connectivity index is 1.43. The fourth-order valence-corrected chi connectivity index (χ4v) is 2.66. The van der Waals surface area contributed by atoms with E-state index in [-0.39, 0.29) is 24.1 Å². The Morgan fingerprint density at radius 2 is 1.69 bits per heavy atom. The molecular weight excluding hydrogens is 372 g/mol. The zero-order valence-electron chi connectivity index (χ0n) is 15.2. The quantitative estimate of drug-likeness (QED) is 0.523. The molecule has 8 heteroatoms. The monoisotopic (exact) mass is 388 g/mol. The molecule has 2 heterocycles. The highest BCUT2D eigenvalue weighted by molar-refractivity contribution is 6.07. The van der Waals surface area contributed by atoms with Gasteiger partial charge in [-0.25, -0.2) is 0 Å². The lowest BCUT2D eigenvalue weighted by Gasteiger charge is -2.09. The number of carbonyl (C=O) groups is 2. The third-order valence-corrected chi connectivity index (χ3v) is 4.07. The van der Waals surface area contributed by atoms with Gasteiger partial charge >= 0.3 is 0 Å². The number of nitrogens with zero attached hydrogens (tertiary/aromatic N) is 2. The molecule has 0 saturated heterocycles. The fourth-order valence-electron chi connectivity index (χ4n) is 2.66. The van der Waals surface area contributed by atoms with Gasteiger partial charge in [-0.15, -0.1) is 0 Å². The highest BCUT2D eigenvalue weighted by Crippen LogP contribution is 2.17. The van der Waals surface area contributed by atoms with Crippen molar-refractivity contribution in [2.24, 2.45) is 0 Å². The van der Waals surface area contributed by atoms with Crippen molar-refractivity contribution in [3.63, 3.8) is 0 Å². The number of aromatic nitrogens is 2. The molecule has 2 amide bonds. The largest absolute Gasteiger partial charge is 0.459 e. The minimum atomic E-state index is -0.445. The highest BCUT2D eigenvalue weighted by atomic mass is 16.5. The van der Waals surface area contributed by atoms with Gasteiger partial charge in [0, 0.05) is 5.56 Å². The lowest BCUT2D eigenvalue weighted by Crippen LogP contribution is -2.25. The topological polar surface area (TPSA) is 110 Å². The lowest BCUT2D eigenvalue weighted by molar-refractivity contribution is 0.0947. The van der Waals surface area contributed by atoms with E-state index in [0.29, 0.717) is 17.1 Å². The summed E-state index contributed by atoms with van der Waals surface area (Å²) in [5, 5.41) is 9.31. The normalized spacial score (nSPS) is 10.5. The number of carbonyl (C=O) groups excluding carboxylic acids is 2. The maximum absolute atomic E-state index is 12.6. The van der Waals surface area contributed by atoms with Gasteiger partial charge < -0.3 is 19.6 Å². The van der Waals surface area contributed by atoms with Crippen molar-refractivity contribution in [1.29, 1.82) is 0 Å². The Hall–Kier alpha value is -4.20. The van der Waals surface area contributed by atoms with Crippen LogP contribution in [0.3, 0.4) is 0 Å². The molecule has 2 aromatic heterocycles. The molecule has 0 spiro atoms. The molecule has 4 aromatic rings. The van der Waals surface area contributed by atoms with Crippen LogP contribution in [0.1, 0.15) is 26.8 Å². The van der Waals surface area contributed by atoms with Crippen LogP contribution in [0.5, 0.6) is 0 Å². The lowest BCUT2D eigenvalue weighted by atomic mass is 10.1. The first-order valence-electron chi connectivity index (χ1n) is 8.81. The summed E-state index contributed by atoms with van der Waals surface area (Å²) in [6.07, 6.45) is 1.40. The maximum Gasteiger partial charge on any atom is 0.291 e. The van der Waals surface area contributed by atoms with Crippen LogP contribution in [0, 0.1) is 0 Å². The van der Waals surface area contributed by atoms with Crippen LogP contribution in [0.4, 0.5) is 5.69 Å². The molecule has 0 saturated carbocycles. The summed E-state index contributed by atoms with van der Waals surface area (Å²) in [5.74, 6) is 0.0363. The van der Waals surface area contributed by atoms with Crippen LogP contribution in [0.25, 0.3) is 11.4 Å². The van der Waals surface area contributed by atoms with Crippen molar-refractivity contribution < 1.29 is 18.5 Å². The SMILES string of the molecule is O=C(Nc1ccccc1C(=O)NCc1nc(-c2ccccc2)no1)c1ccco1. The molecule has 4 rings (SSSR count). The third kappa shape index (κ3) is 4.22. The first-order valence-corrected chi connectivity index (χ1v) is 8.81. The van der Waals surface area contributed by atoms with E-state index in [4.69, 9.17) is 8.94 Å². The number of hydrogen-bond acceptors (Lipinski definition) is 6. The molecule has 0 atom stereocenters. The molecule has 0 fully saturated rings. The van der Waals surface area contributed by atoms with Crippen molar-refractivity contribution in [1.82, 2.24) is 15.5 Å². The number of para-hydroxylation sites is 1. The molecule has 2 aromatic carbocycles. The van der Waals surface area contributed by atoms with Gasteiger partial charge in [0.25, 0.3) is 11.8 Å². The van der Waals surface area contributed by atoms with Crippen molar-refractivity contribution in [3.8, 4) is 11.4 Å². The first-order chi connectivity index (χ1) is 14.2. The summed E-state index contributed by atoms with van der Waals surface area (Å²) in [6.45, 7) is 0.0547. The highest BCUT2D eigenvalue weighted by Gasteiger charge is 2.16. The van der Waals surface area contributed by atoms with Crippen molar-refractivity contribution >= 4 is 17.5 Å². The third-order valence-electron chi connectivity index (χ3n) is 4.07. The number of anilines is 1. The van der Waals surface area contributed by atoms with E-state index < -0.39 is 5.91 Å². The average molecular weight is 388 g/mol. The Labute approximate surface area is 165 Å². The number of furan rings is 1. The number of rotatable bonds is 6. The van der Waals surface area contributed by atoms with Crippen LogP contribution >= 0.6 is 0 Å². The minimum absolute atomic E-state index is 0.0547. The number of amides is 2. The molecule has 8 nitrogen and oxygen atoms in total. The zero-order valence-corrected chi connectivity index (χ0v) is 15.2. The van der Waals surface area contributed by atoms with Crippen LogP contribution in [0.2, 0.25) is 0 Å². The Morgan fingerprint density at radius 1 is 0.897 bits per heavy atom. The van der Waals surface area contributed by atoms with Crippen LogP contribution in [-0.4, -0.2) is 22.0 Å². The van der Waals surface area contributed by atoms with Gasteiger partial charge in [0.05, 0.1) is 24.1 Å². The molecule has 0 aliphatic carbocycles. The van der Waals surface area contributed by atoms with Gasteiger partial charge in [-0.1, -0.05) is 47.6 Å². The second kappa shape index (κ2) is 8.22. The smallest absolute Gasteiger partial charge is 0.291 e. The Bertz CT molecular complexity index is 1120. The van der Waals surface area contributed by atoms with E-state index >= 15 is 0 Å². The predicted octanol–water partition coefficient (Wildman–Crippen LogP) is 3.51. The second-order valence-electron chi connectivity index (χ2n) is 6.04. The summed E-state index contributed by atoms with van der Waals surface area (Å²) < 4.78 is 10.3. The van der Waals surface area contributed by atoms with Gasteiger partial charge in [0.1, 0.15) is 0 Å². The molecule has 29 heavy (non-hydrogen) atoms. The molecule has 0 aliphatic rings. The van der Waals surface area contributed by atoms with Crippen molar-refractivity contribution in [2.45, 2.75) is 6.54 Å². The zero-order chi connectivity index (χ0) is 20.1. The molecule has 0 radical (unpaired) electrons. The number of nitrogens with one attached hydrogen (secondary N) is 2. The summed E-state index contributed by atoms with van der Waals surface area (Å²) in [6, 6.07) is 19.2. The molecule has 0 aliphatic heterocycles. The Kier molecular flexibility index (Phi) is 5.15. The molecule has 0 bridgehead atoms. The predicted molar refractivity (Wildman–Crippen MR) is 104 cm³/mol. The van der Waals surface area contributed by atoms with Gasteiger partial charge in [-0.3, -0.25) is 9.59 Å². The molecular formula is C21H16N4O4. The van der Waals surface area contributed by atoms with E-state index in [2.05, 4.69) is 20.8 Å². The van der Waals surface area contributed by atoms with E-state index in [9.17, 15) is 9.59 Å². The summed E-state index contributed by atoms with van der Waals surface area (Å²) in [5.41, 5.74) is 1.48. The van der Waals surface area contributed by atoms with Gasteiger partial charge in [0.15, 0.2) is 5.76 Å². The van der Waals surface area contributed by atoms with Gasteiger partial charge in [0.2, 0.25) is 11.7 Å². The van der Waals surface area contributed by atoms with Crippen LogP contribution in [0.15, 0.2) is 81.9 Å². The second-order valence-corrected chi connectivity index (χ2v) is 6.04. The summed E-state index contributed by atoms with van der Waals surface area (Å²) in [4.78, 5) is 29.1. The standard InChI is InChI=1S/C21H16N4O4/c26-20(22-13-18-24-19(25-29-18)14-7-2-1-3-8-14)15-9-4-5-10-16(15)23-21(27)17-11-6-12-28-17/h1-12H,13H2,(H,22,26)(H,23,27). The minimum Gasteiger partial charge on any atom is -0.459 e. The number of hydrogen-bond donors (Lipinski definition) is 2. The van der Waals surface area contributed by atoms with E-state index in [1.807, 2.05) is 30.3 Å².